The molecule has 5 heteroatoms. The van der Waals surface area contributed by atoms with Gasteiger partial charge in [-0.25, -0.2) is 4.79 Å². The standard InChI is InChI=1S/C24H18N2O3/c27-23(18-6-2-1-3-7-18)25-22-16-19(10-13-21(22)24(28)29)17-8-11-20(12-9-17)26-14-4-5-15-26/h1-16H,(H,25,27)(H,28,29). The summed E-state index contributed by atoms with van der Waals surface area (Å²) in [4.78, 5) is 24.1. The van der Waals surface area contributed by atoms with Crippen LogP contribution in [-0.4, -0.2) is 21.6 Å². The fraction of sp³-hybridized carbons (Fsp3) is 0. The second-order valence-corrected chi connectivity index (χ2v) is 6.52. The molecule has 0 unspecified atom stereocenters. The minimum atomic E-state index is -1.09. The van der Waals surface area contributed by atoms with E-state index in [1.54, 1.807) is 36.4 Å². The fourth-order valence-corrected chi connectivity index (χ4v) is 3.13. The summed E-state index contributed by atoms with van der Waals surface area (Å²) in [5.74, 6) is -1.45. The van der Waals surface area contributed by atoms with Gasteiger partial charge in [0.15, 0.2) is 0 Å². The molecule has 4 aromatic rings. The van der Waals surface area contributed by atoms with Crippen molar-refractivity contribution >= 4 is 17.6 Å². The Kier molecular flexibility index (Phi) is 4.95. The lowest BCUT2D eigenvalue weighted by atomic mass is 10.0. The molecule has 4 rings (SSSR count). The van der Waals surface area contributed by atoms with Crippen molar-refractivity contribution in [2.75, 3.05) is 5.32 Å². The third kappa shape index (κ3) is 3.94. The molecule has 0 aliphatic rings. The lowest BCUT2D eigenvalue weighted by molar-refractivity contribution is 0.0698. The van der Waals surface area contributed by atoms with E-state index in [1.165, 1.54) is 6.07 Å². The highest BCUT2D eigenvalue weighted by Gasteiger charge is 2.15. The van der Waals surface area contributed by atoms with Crippen LogP contribution >= 0.6 is 0 Å². The molecule has 0 spiro atoms. The first-order valence-electron chi connectivity index (χ1n) is 9.09. The monoisotopic (exact) mass is 382 g/mol. The Morgan fingerprint density at radius 2 is 1.41 bits per heavy atom. The Bertz CT molecular complexity index is 1150. The Balaban J connectivity index is 1.66. The number of aromatic carboxylic acids is 1. The van der Waals surface area contributed by atoms with Crippen LogP contribution < -0.4 is 5.32 Å². The van der Waals surface area contributed by atoms with Crippen LogP contribution in [0, 0.1) is 0 Å². The highest BCUT2D eigenvalue weighted by Crippen LogP contribution is 2.27. The van der Waals surface area contributed by atoms with Gasteiger partial charge in [-0.1, -0.05) is 36.4 Å². The van der Waals surface area contributed by atoms with Crippen LogP contribution in [0.2, 0.25) is 0 Å². The van der Waals surface area contributed by atoms with E-state index in [0.717, 1.165) is 16.8 Å². The molecular formula is C24H18N2O3. The lowest BCUT2D eigenvalue weighted by Gasteiger charge is -2.12. The molecule has 2 N–H and O–H groups in total. The molecule has 3 aromatic carbocycles. The Morgan fingerprint density at radius 1 is 0.759 bits per heavy atom. The molecule has 0 atom stereocenters. The number of benzene rings is 3. The topological polar surface area (TPSA) is 71.3 Å². The number of nitrogens with zero attached hydrogens (tertiary/aromatic N) is 1. The third-order valence-corrected chi connectivity index (χ3v) is 4.64. The van der Waals surface area contributed by atoms with Gasteiger partial charge in [-0.3, -0.25) is 4.79 Å². The summed E-state index contributed by atoms with van der Waals surface area (Å²) in [6, 6.07) is 25.5. The average molecular weight is 382 g/mol. The van der Waals surface area contributed by atoms with E-state index in [9.17, 15) is 14.7 Å². The first-order valence-corrected chi connectivity index (χ1v) is 9.09. The summed E-state index contributed by atoms with van der Waals surface area (Å²) in [7, 11) is 0. The Hall–Kier alpha value is -4.12. The second-order valence-electron chi connectivity index (χ2n) is 6.52. The van der Waals surface area contributed by atoms with Crippen molar-refractivity contribution in [3.8, 4) is 16.8 Å². The fourth-order valence-electron chi connectivity index (χ4n) is 3.13. The number of anilines is 1. The van der Waals surface area contributed by atoms with E-state index in [2.05, 4.69) is 5.32 Å². The number of hydrogen-bond acceptors (Lipinski definition) is 2. The molecule has 0 radical (unpaired) electrons. The van der Waals surface area contributed by atoms with E-state index < -0.39 is 5.97 Å². The molecule has 29 heavy (non-hydrogen) atoms. The SMILES string of the molecule is O=C(Nc1cc(-c2ccc(-n3cccc3)cc2)ccc1C(=O)O)c1ccccc1. The number of carbonyl (C=O) groups excluding carboxylic acids is 1. The van der Waals surface area contributed by atoms with Gasteiger partial charge in [0.25, 0.3) is 5.91 Å². The third-order valence-electron chi connectivity index (χ3n) is 4.64. The number of carbonyl (C=O) groups is 2. The van der Waals surface area contributed by atoms with Crippen molar-refractivity contribution < 1.29 is 14.7 Å². The minimum Gasteiger partial charge on any atom is -0.478 e. The lowest BCUT2D eigenvalue weighted by Crippen LogP contribution is -2.14. The van der Waals surface area contributed by atoms with Gasteiger partial charge in [0.05, 0.1) is 11.3 Å². The van der Waals surface area contributed by atoms with E-state index in [0.29, 0.717) is 5.56 Å². The average Bonchev–Trinajstić information content (AvgIpc) is 3.29. The molecule has 0 aliphatic heterocycles. The zero-order valence-electron chi connectivity index (χ0n) is 15.4. The van der Waals surface area contributed by atoms with Crippen LogP contribution in [0.4, 0.5) is 5.69 Å². The van der Waals surface area contributed by atoms with Crippen LogP contribution in [0.3, 0.4) is 0 Å². The van der Waals surface area contributed by atoms with Gasteiger partial charge in [-0.2, -0.15) is 0 Å². The summed E-state index contributed by atoms with van der Waals surface area (Å²) >= 11 is 0. The molecule has 0 saturated heterocycles. The number of rotatable bonds is 5. The maximum Gasteiger partial charge on any atom is 0.337 e. The van der Waals surface area contributed by atoms with Crippen LogP contribution in [-0.2, 0) is 0 Å². The smallest absolute Gasteiger partial charge is 0.337 e. The van der Waals surface area contributed by atoms with Crippen molar-refractivity contribution in [2.24, 2.45) is 0 Å². The van der Waals surface area contributed by atoms with Crippen LogP contribution in [0.1, 0.15) is 20.7 Å². The molecule has 1 aromatic heterocycles. The summed E-state index contributed by atoms with van der Waals surface area (Å²) in [6.07, 6.45) is 3.93. The van der Waals surface area contributed by atoms with Gasteiger partial charge in [0, 0.05) is 23.6 Å². The van der Waals surface area contributed by atoms with E-state index in [4.69, 9.17) is 0 Å². The molecule has 0 fully saturated rings. The number of amides is 1. The summed E-state index contributed by atoms with van der Waals surface area (Å²) in [6.45, 7) is 0. The molecule has 5 nitrogen and oxygen atoms in total. The first kappa shape index (κ1) is 18.3. The largest absolute Gasteiger partial charge is 0.478 e. The molecule has 0 bridgehead atoms. The normalized spacial score (nSPS) is 10.5. The van der Waals surface area contributed by atoms with Gasteiger partial charge in [0.2, 0.25) is 0 Å². The molecule has 1 heterocycles. The summed E-state index contributed by atoms with van der Waals surface area (Å²) in [5, 5.41) is 12.2. The van der Waals surface area contributed by atoms with Gasteiger partial charge >= 0.3 is 5.97 Å². The van der Waals surface area contributed by atoms with Crippen molar-refractivity contribution in [1.29, 1.82) is 0 Å². The predicted molar refractivity (Wildman–Crippen MR) is 113 cm³/mol. The summed E-state index contributed by atoms with van der Waals surface area (Å²) in [5.41, 5.74) is 3.54. The number of carboxylic acid groups (broad SMARTS) is 1. The maximum atomic E-state index is 12.5. The Labute approximate surface area is 167 Å². The Morgan fingerprint density at radius 3 is 2.07 bits per heavy atom. The molecule has 0 saturated carbocycles. The number of nitrogens with one attached hydrogen (secondary N) is 1. The first-order chi connectivity index (χ1) is 14.1. The zero-order valence-corrected chi connectivity index (χ0v) is 15.4. The molecule has 1 amide bonds. The van der Waals surface area contributed by atoms with Crippen molar-refractivity contribution in [2.45, 2.75) is 0 Å². The van der Waals surface area contributed by atoms with Crippen LogP contribution in [0.5, 0.6) is 0 Å². The van der Waals surface area contributed by atoms with Crippen molar-refractivity contribution in [1.82, 2.24) is 4.57 Å². The molecule has 0 aliphatic carbocycles. The van der Waals surface area contributed by atoms with E-state index in [-0.39, 0.29) is 17.2 Å². The molecular weight excluding hydrogens is 364 g/mol. The predicted octanol–water partition coefficient (Wildman–Crippen LogP) is 5.09. The quantitative estimate of drug-likeness (QED) is 0.505. The van der Waals surface area contributed by atoms with Gasteiger partial charge < -0.3 is 15.0 Å². The van der Waals surface area contributed by atoms with Gasteiger partial charge in [-0.15, -0.1) is 0 Å². The zero-order chi connectivity index (χ0) is 20.2. The van der Waals surface area contributed by atoms with Gasteiger partial charge in [0.1, 0.15) is 0 Å². The maximum absolute atomic E-state index is 12.5. The van der Waals surface area contributed by atoms with E-state index in [1.807, 2.05) is 59.4 Å². The highest BCUT2D eigenvalue weighted by molar-refractivity contribution is 6.08. The van der Waals surface area contributed by atoms with Gasteiger partial charge in [-0.05, 0) is 59.7 Å². The molecule has 142 valence electrons. The summed E-state index contributed by atoms with van der Waals surface area (Å²) < 4.78 is 2.00. The second kappa shape index (κ2) is 7.86. The van der Waals surface area contributed by atoms with Crippen LogP contribution in [0.15, 0.2) is 97.3 Å². The number of carboxylic acids is 1. The van der Waals surface area contributed by atoms with Crippen molar-refractivity contribution in [3.05, 3.63) is 108 Å². The minimum absolute atomic E-state index is 0.0435. The number of hydrogen-bond donors (Lipinski definition) is 2. The van der Waals surface area contributed by atoms with Crippen molar-refractivity contribution in [3.63, 3.8) is 0 Å². The van der Waals surface area contributed by atoms with E-state index >= 15 is 0 Å². The van der Waals surface area contributed by atoms with Crippen LogP contribution in [0.25, 0.3) is 16.8 Å². The number of aromatic nitrogens is 1. The highest BCUT2D eigenvalue weighted by atomic mass is 16.4.